The molecule has 2 unspecified atom stereocenters. The van der Waals surface area contributed by atoms with Crippen LogP contribution in [0.5, 0.6) is 23.0 Å². The van der Waals surface area contributed by atoms with Crippen molar-refractivity contribution in [1.82, 2.24) is 0 Å². The van der Waals surface area contributed by atoms with Gasteiger partial charge in [0.05, 0.1) is 26.4 Å². The summed E-state index contributed by atoms with van der Waals surface area (Å²) in [5.41, 5.74) is 6.43. The molecule has 4 aromatic rings. The smallest absolute Gasteiger partial charge is 0.336 e. The van der Waals surface area contributed by atoms with Gasteiger partial charge in [0.2, 0.25) is 0 Å². The van der Waals surface area contributed by atoms with Crippen LogP contribution in [0.25, 0.3) is 23.3 Å². The number of carbonyl (C=O) groups is 1. The zero-order chi connectivity index (χ0) is 38.1. The van der Waals surface area contributed by atoms with E-state index < -0.39 is 5.97 Å². The number of carbonyl (C=O) groups excluding carboxylic acids is 1. The van der Waals surface area contributed by atoms with E-state index in [9.17, 15) is 4.79 Å². The van der Waals surface area contributed by atoms with E-state index in [-0.39, 0.29) is 5.92 Å². The molecule has 4 aromatic carbocycles. The molecule has 0 saturated carbocycles. The van der Waals surface area contributed by atoms with Crippen LogP contribution in [0.3, 0.4) is 0 Å². The molecule has 2 atom stereocenters. The second-order valence-electron chi connectivity index (χ2n) is 14.1. The Kier molecular flexibility index (Phi) is 15.4. The summed E-state index contributed by atoms with van der Waals surface area (Å²) >= 11 is 0. The molecule has 0 N–H and O–H groups in total. The highest BCUT2D eigenvalue weighted by molar-refractivity contribution is 5.89. The van der Waals surface area contributed by atoms with Gasteiger partial charge in [-0.15, -0.1) is 0 Å². The largest absolute Gasteiger partial charge is 0.494 e. The molecule has 1 fully saturated rings. The van der Waals surface area contributed by atoms with E-state index in [4.69, 9.17) is 33.5 Å². The number of hydrogen-bond donors (Lipinski definition) is 0. The van der Waals surface area contributed by atoms with E-state index in [1.165, 1.54) is 38.2 Å². The van der Waals surface area contributed by atoms with Gasteiger partial charge in [0, 0.05) is 18.6 Å². The quantitative estimate of drug-likeness (QED) is 0.0133. The Morgan fingerprint density at radius 2 is 1.25 bits per heavy atom. The average molecular weight is 747 g/mol. The lowest BCUT2D eigenvalue weighted by Gasteiger charge is -2.09. The van der Waals surface area contributed by atoms with Crippen LogP contribution >= 0.6 is 0 Å². The van der Waals surface area contributed by atoms with E-state index in [0.717, 1.165) is 84.0 Å². The fourth-order valence-electron chi connectivity index (χ4n) is 6.51. The van der Waals surface area contributed by atoms with Crippen LogP contribution in [-0.2, 0) is 19.2 Å². The highest BCUT2D eigenvalue weighted by atomic mass is 17.2. The van der Waals surface area contributed by atoms with Crippen LogP contribution in [-0.4, -0.2) is 51.7 Å². The molecule has 2 aliphatic rings. The van der Waals surface area contributed by atoms with Crippen molar-refractivity contribution in [3.63, 3.8) is 0 Å². The monoisotopic (exact) mass is 746 g/mol. The third kappa shape index (κ3) is 12.8. The van der Waals surface area contributed by atoms with Crippen LogP contribution in [0.2, 0.25) is 0 Å². The number of ether oxygens (including phenoxy) is 5. The lowest BCUT2D eigenvalue weighted by molar-refractivity contribution is -0.195. The summed E-state index contributed by atoms with van der Waals surface area (Å²) in [5.74, 6) is 2.50. The van der Waals surface area contributed by atoms with Crippen molar-refractivity contribution in [2.45, 2.75) is 77.2 Å². The first-order valence-corrected chi connectivity index (χ1v) is 19.8. The summed E-state index contributed by atoms with van der Waals surface area (Å²) < 4.78 is 28.1. The lowest BCUT2D eigenvalue weighted by Crippen LogP contribution is -2.04. The van der Waals surface area contributed by atoms with Crippen molar-refractivity contribution in [3.8, 4) is 34.1 Å². The van der Waals surface area contributed by atoms with Gasteiger partial charge in [-0.05, 0) is 107 Å². The summed E-state index contributed by atoms with van der Waals surface area (Å²) in [7, 11) is 0. The maximum Gasteiger partial charge on any atom is 0.336 e. The van der Waals surface area contributed by atoms with Crippen LogP contribution in [0.15, 0.2) is 97.1 Å². The fourth-order valence-corrected chi connectivity index (χ4v) is 6.51. The molecule has 0 radical (unpaired) electrons. The summed E-state index contributed by atoms with van der Waals surface area (Å²) in [4.78, 5) is 23.9. The van der Waals surface area contributed by atoms with Gasteiger partial charge >= 0.3 is 5.97 Å². The molecule has 1 aliphatic carbocycles. The van der Waals surface area contributed by atoms with Crippen LogP contribution in [0, 0.1) is 0 Å². The minimum atomic E-state index is -0.428. The van der Waals surface area contributed by atoms with E-state index in [2.05, 4.69) is 13.8 Å². The highest BCUT2D eigenvalue weighted by Gasteiger charge is 2.27. The number of epoxide rings is 1. The Balaban J connectivity index is 0.894. The molecule has 8 heteroatoms. The standard InChI is InChI=1S/C47H54O8/c1-3-4-5-6-7-8-28-50-39-20-15-37(16-21-39)17-26-47(48)54-40-22-24-43-44-25-23-41(32-46(44)35(2)45(43)31-40)55-53-30-11-12-36-13-18-38(19-14-36)51-29-10-9-27-49-33-42-34-52-42/h11-26,31-32,35,42H,3-10,27-30,33-34H2,1-2H3/b12-11-,26-17+. The van der Waals surface area contributed by atoms with Gasteiger partial charge in [-0.25, -0.2) is 4.79 Å². The van der Waals surface area contributed by atoms with Gasteiger partial charge < -0.3 is 28.6 Å². The Labute approximate surface area is 325 Å². The number of benzene rings is 4. The minimum absolute atomic E-state index is 0.0953. The van der Waals surface area contributed by atoms with Gasteiger partial charge in [-0.1, -0.05) is 94.5 Å². The van der Waals surface area contributed by atoms with E-state index in [1.807, 2.05) is 97.1 Å². The Morgan fingerprint density at radius 1 is 0.691 bits per heavy atom. The molecule has 8 nitrogen and oxygen atoms in total. The van der Waals surface area contributed by atoms with Gasteiger partial charge in [0.1, 0.15) is 30.0 Å². The molecule has 1 aliphatic heterocycles. The molecule has 0 amide bonds. The number of fused-ring (bicyclic) bond motifs is 3. The fraction of sp³-hybridized carbons (Fsp3) is 0.383. The van der Waals surface area contributed by atoms with Crippen molar-refractivity contribution < 1.29 is 38.3 Å². The molecule has 290 valence electrons. The molecular weight excluding hydrogens is 693 g/mol. The predicted molar refractivity (Wildman–Crippen MR) is 217 cm³/mol. The van der Waals surface area contributed by atoms with Gasteiger partial charge in [0.25, 0.3) is 0 Å². The Bertz CT molecular complexity index is 1840. The molecule has 0 aromatic heterocycles. The van der Waals surface area contributed by atoms with Crippen LogP contribution < -0.4 is 19.1 Å². The first-order valence-electron chi connectivity index (χ1n) is 19.8. The maximum absolute atomic E-state index is 12.7. The van der Waals surface area contributed by atoms with Crippen molar-refractivity contribution >= 4 is 18.1 Å². The van der Waals surface area contributed by atoms with E-state index >= 15 is 0 Å². The third-order valence-electron chi connectivity index (χ3n) is 9.71. The molecule has 0 spiro atoms. The van der Waals surface area contributed by atoms with Crippen LogP contribution in [0.4, 0.5) is 0 Å². The number of unbranched alkanes of at least 4 members (excludes halogenated alkanes) is 6. The second-order valence-corrected chi connectivity index (χ2v) is 14.1. The first kappa shape index (κ1) is 39.8. The van der Waals surface area contributed by atoms with Gasteiger partial charge in [-0.3, -0.25) is 0 Å². The number of hydrogen-bond acceptors (Lipinski definition) is 8. The lowest BCUT2D eigenvalue weighted by atomic mass is 9.99. The van der Waals surface area contributed by atoms with Crippen molar-refractivity contribution in [1.29, 1.82) is 0 Å². The molecule has 0 bridgehead atoms. The Hall–Kier alpha value is -4.89. The van der Waals surface area contributed by atoms with E-state index in [1.54, 1.807) is 6.08 Å². The summed E-state index contributed by atoms with van der Waals surface area (Å²) in [6, 6.07) is 27.5. The van der Waals surface area contributed by atoms with Crippen LogP contribution in [0.1, 0.15) is 93.4 Å². The third-order valence-corrected chi connectivity index (χ3v) is 9.71. The zero-order valence-corrected chi connectivity index (χ0v) is 32.2. The first-order chi connectivity index (χ1) is 27.1. The molecule has 1 saturated heterocycles. The van der Waals surface area contributed by atoms with Gasteiger partial charge in [-0.2, -0.15) is 4.89 Å². The van der Waals surface area contributed by atoms with Crippen molar-refractivity contribution in [2.75, 3.05) is 39.6 Å². The topological polar surface area (TPSA) is 85.0 Å². The highest BCUT2D eigenvalue weighted by Crippen LogP contribution is 2.47. The minimum Gasteiger partial charge on any atom is -0.494 e. The molecular formula is C47H54O8. The predicted octanol–water partition coefficient (Wildman–Crippen LogP) is 10.8. The number of esters is 1. The van der Waals surface area contributed by atoms with Gasteiger partial charge in [0.15, 0.2) is 5.75 Å². The number of rotatable bonds is 24. The SMILES string of the molecule is CCCCCCCCOc1ccc(/C=C/C(=O)Oc2ccc3c(c2)C(C)c2cc(OOC/C=C\c4ccc(OCCCCOCC5CO5)cc4)ccc2-3)cc1. The summed E-state index contributed by atoms with van der Waals surface area (Å²) in [5, 5.41) is 0. The normalized spacial score (nSPS) is 15.6. The maximum atomic E-state index is 12.7. The molecule has 55 heavy (non-hydrogen) atoms. The van der Waals surface area contributed by atoms with E-state index in [0.29, 0.717) is 37.4 Å². The molecule has 1 heterocycles. The van der Waals surface area contributed by atoms with Crippen molar-refractivity contribution in [2.24, 2.45) is 0 Å². The molecule has 6 rings (SSSR count). The summed E-state index contributed by atoms with van der Waals surface area (Å²) in [6.07, 6.45) is 16.8. The Morgan fingerprint density at radius 3 is 1.93 bits per heavy atom. The average Bonchev–Trinajstić information content (AvgIpc) is 4.00. The zero-order valence-electron chi connectivity index (χ0n) is 32.2. The summed E-state index contributed by atoms with van der Waals surface area (Å²) in [6.45, 7) is 8.33. The van der Waals surface area contributed by atoms with Crippen molar-refractivity contribution in [3.05, 3.63) is 119 Å². The second kappa shape index (κ2) is 21.3.